The molecule has 29 heavy (non-hydrogen) atoms. The Kier molecular flexibility index (Phi) is 8.03. The molecule has 2 N–H and O–H groups in total. The topological polar surface area (TPSA) is 53.6 Å². The summed E-state index contributed by atoms with van der Waals surface area (Å²) in [5.74, 6) is 0.913. The van der Waals surface area contributed by atoms with Gasteiger partial charge in [0.15, 0.2) is 11.2 Å². The number of piperidine rings is 1. The van der Waals surface area contributed by atoms with Crippen LogP contribution in [0.25, 0.3) is 0 Å². The average molecular weight is 420 g/mol. The van der Waals surface area contributed by atoms with E-state index in [1.807, 2.05) is 28.6 Å². The van der Waals surface area contributed by atoms with Gasteiger partial charge in [0.2, 0.25) is 0 Å². The van der Waals surface area contributed by atoms with Gasteiger partial charge in [-0.2, -0.15) is 0 Å². The smallest absolute Gasteiger partial charge is 0.196 e. The Bertz CT molecular complexity index is 778. The molecule has 158 valence electrons. The average Bonchev–Trinajstić information content (AvgIpc) is 2.71. The summed E-state index contributed by atoms with van der Waals surface area (Å²) in [5.41, 5.74) is 1.70. The molecule has 1 heterocycles. The maximum absolute atomic E-state index is 13.2. The fourth-order valence-electron chi connectivity index (χ4n) is 3.26. The van der Waals surface area contributed by atoms with Gasteiger partial charge < -0.3 is 10.1 Å². The van der Waals surface area contributed by atoms with Crippen LogP contribution >= 0.6 is 0 Å². The van der Waals surface area contributed by atoms with Crippen molar-refractivity contribution in [2.75, 3.05) is 24.4 Å². The summed E-state index contributed by atoms with van der Waals surface area (Å²) < 4.78 is 37.0. The minimum absolute atomic E-state index is 0.251. The van der Waals surface area contributed by atoms with Gasteiger partial charge in [-0.1, -0.05) is 26.0 Å². The number of anilines is 1. The molecule has 1 fully saturated rings. The van der Waals surface area contributed by atoms with E-state index in [-0.39, 0.29) is 11.9 Å². The lowest BCUT2D eigenvalue weighted by molar-refractivity contribution is 0.162. The van der Waals surface area contributed by atoms with E-state index >= 15 is 0 Å². The Labute approximate surface area is 175 Å². The van der Waals surface area contributed by atoms with E-state index < -0.39 is 11.2 Å². The number of hydrogen-bond acceptors (Lipinski definition) is 3. The van der Waals surface area contributed by atoms with Crippen LogP contribution in [0.2, 0.25) is 0 Å². The molecule has 7 heteroatoms. The first-order chi connectivity index (χ1) is 14.0. The number of benzene rings is 2. The van der Waals surface area contributed by atoms with E-state index in [1.165, 1.54) is 12.1 Å². The summed E-state index contributed by atoms with van der Waals surface area (Å²) in [6.07, 6.45) is 2.27. The molecule has 2 aromatic rings. The predicted octanol–water partition coefficient (Wildman–Crippen LogP) is 4.11. The van der Waals surface area contributed by atoms with Gasteiger partial charge in [-0.3, -0.25) is 4.72 Å². The van der Waals surface area contributed by atoms with E-state index in [0.29, 0.717) is 19.0 Å². The molecule has 0 aliphatic carbocycles. The summed E-state index contributed by atoms with van der Waals surface area (Å²) in [7, 11) is 0. The Morgan fingerprint density at radius 3 is 2.41 bits per heavy atom. The first kappa shape index (κ1) is 21.7. The van der Waals surface area contributed by atoms with Gasteiger partial charge in [0.1, 0.15) is 17.7 Å². The zero-order chi connectivity index (χ0) is 20.6. The summed E-state index contributed by atoms with van der Waals surface area (Å²) in [5, 5.41) is 3.33. The van der Waals surface area contributed by atoms with Crippen LogP contribution in [0.3, 0.4) is 0 Å². The first-order valence-corrected chi connectivity index (χ1v) is 11.3. The van der Waals surface area contributed by atoms with Crippen LogP contribution < -0.4 is 14.8 Å². The lowest BCUT2D eigenvalue weighted by Crippen LogP contribution is -2.34. The molecule has 0 aromatic heterocycles. The van der Waals surface area contributed by atoms with Crippen LogP contribution in [0.4, 0.5) is 10.1 Å². The maximum atomic E-state index is 13.2. The number of nitrogens with zero attached hydrogens (tertiary/aromatic N) is 1. The summed E-state index contributed by atoms with van der Waals surface area (Å²) in [4.78, 5) is 0. The Balaban J connectivity index is 1.59. The molecule has 1 unspecified atom stereocenters. The molecule has 0 spiro atoms. The van der Waals surface area contributed by atoms with Crippen LogP contribution in [-0.4, -0.2) is 34.3 Å². The molecule has 0 bridgehead atoms. The second-order valence-electron chi connectivity index (χ2n) is 7.79. The van der Waals surface area contributed by atoms with E-state index in [4.69, 9.17) is 4.74 Å². The minimum atomic E-state index is -1.41. The predicted molar refractivity (Wildman–Crippen MR) is 116 cm³/mol. The molecular formula is C22H30FN3O2S. The van der Waals surface area contributed by atoms with Crippen molar-refractivity contribution in [2.24, 2.45) is 5.92 Å². The number of nitrogens with one attached hydrogen (secondary N) is 2. The van der Waals surface area contributed by atoms with Crippen LogP contribution in [-0.2, 0) is 17.7 Å². The van der Waals surface area contributed by atoms with Gasteiger partial charge in [-0.25, -0.2) is 12.9 Å². The highest BCUT2D eigenvalue weighted by Crippen LogP contribution is 2.21. The van der Waals surface area contributed by atoms with E-state index in [0.717, 1.165) is 42.9 Å². The van der Waals surface area contributed by atoms with Crippen molar-refractivity contribution < 1.29 is 13.3 Å². The minimum Gasteiger partial charge on any atom is -0.490 e. The Morgan fingerprint density at radius 2 is 1.79 bits per heavy atom. The zero-order valence-electron chi connectivity index (χ0n) is 17.1. The Hall–Kier alpha value is -1.96. The van der Waals surface area contributed by atoms with Crippen molar-refractivity contribution >= 4 is 16.9 Å². The fourth-order valence-corrected chi connectivity index (χ4v) is 4.43. The lowest BCUT2D eigenvalue weighted by Gasteiger charge is -2.24. The van der Waals surface area contributed by atoms with Crippen LogP contribution in [0.1, 0.15) is 32.3 Å². The van der Waals surface area contributed by atoms with Crippen LogP contribution in [0.5, 0.6) is 5.75 Å². The number of rotatable bonds is 9. The largest absolute Gasteiger partial charge is 0.490 e. The summed E-state index contributed by atoms with van der Waals surface area (Å²) in [6, 6.07) is 13.9. The van der Waals surface area contributed by atoms with Crippen molar-refractivity contribution in [1.29, 1.82) is 0 Å². The lowest BCUT2D eigenvalue weighted by atomic mass is 10.1. The standard InChI is InChI=1S/C22H30FN3O2S/c1-17(2)15-26(16-18-3-5-19(23)6-4-18)29(27)25-20-7-9-21(10-8-20)28-22-11-13-24-14-12-22/h3-10,17,22,24-25H,11-16H2,1-2H3. The highest BCUT2D eigenvalue weighted by atomic mass is 32.2. The fraction of sp³-hybridized carbons (Fsp3) is 0.455. The molecule has 1 aliphatic rings. The summed E-state index contributed by atoms with van der Waals surface area (Å²) in [6.45, 7) is 7.29. The molecule has 5 nitrogen and oxygen atoms in total. The molecule has 3 rings (SSSR count). The zero-order valence-corrected chi connectivity index (χ0v) is 17.9. The number of hydrogen-bond donors (Lipinski definition) is 2. The van der Waals surface area contributed by atoms with Crippen molar-refractivity contribution in [1.82, 2.24) is 9.62 Å². The van der Waals surface area contributed by atoms with Gasteiger partial charge in [-0.15, -0.1) is 0 Å². The monoisotopic (exact) mass is 419 g/mol. The second kappa shape index (κ2) is 10.7. The molecule has 1 aliphatic heterocycles. The van der Waals surface area contributed by atoms with Gasteiger partial charge in [0.25, 0.3) is 0 Å². The number of halogens is 1. The van der Waals surface area contributed by atoms with Crippen molar-refractivity contribution in [3.05, 3.63) is 59.9 Å². The highest BCUT2D eigenvalue weighted by molar-refractivity contribution is 7.84. The van der Waals surface area contributed by atoms with Gasteiger partial charge in [0.05, 0.1) is 0 Å². The Morgan fingerprint density at radius 1 is 1.14 bits per heavy atom. The summed E-state index contributed by atoms with van der Waals surface area (Å²) >= 11 is -1.41. The van der Waals surface area contributed by atoms with Gasteiger partial charge in [0, 0.05) is 18.8 Å². The van der Waals surface area contributed by atoms with E-state index in [1.54, 1.807) is 12.1 Å². The third-order valence-electron chi connectivity index (χ3n) is 4.72. The SMILES string of the molecule is CC(C)CN(Cc1ccc(F)cc1)S(=O)Nc1ccc(OC2CCNCC2)cc1. The van der Waals surface area contributed by atoms with Crippen LogP contribution in [0, 0.1) is 11.7 Å². The molecule has 0 saturated carbocycles. The third-order valence-corrected chi connectivity index (χ3v) is 5.88. The van der Waals surface area contributed by atoms with Crippen molar-refractivity contribution in [3.8, 4) is 5.75 Å². The molecule has 1 saturated heterocycles. The maximum Gasteiger partial charge on any atom is 0.196 e. The van der Waals surface area contributed by atoms with Crippen molar-refractivity contribution in [3.63, 3.8) is 0 Å². The van der Waals surface area contributed by atoms with Crippen molar-refractivity contribution in [2.45, 2.75) is 39.3 Å². The normalized spacial score (nSPS) is 16.2. The molecule has 0 amide bonds. The van der Waals surface area contributed by atoms with E-state index in [9.17, 15) is 8.60 Å². The van der Waals surface area contributed by atoms with E-state index in [2.05, 4.69) is 23.9 Å². The highest BCUT2D eigenvalue weighted by Gasteiger charge is 2.17. The molecule has 2 aromatic carbocycles. The molecular weight excluding hydrogens is 389 g/mol. The quantitative estimate of drug-likeness (QED) is 0.643. The van der Waals surface area contributed by atoms with Gasteiger partial charge in [-0.05, 0) is 73.8 Å². The molecule has 1 atom stereocenters. The number of ether oxygens (including phenoxy) is 1. The third kappa shape index (κ3) is 7.10. The van der Waals surface area contributed by atoms with Crippen LogP contribution in [0.15, 0.2) is 48.5 Å². The molecule has 0 radical (unpaired) electrons. The first-order valence-electron chi connectivity index (χ1n) is 10.1. The second-order valence-corrected chi connectivity index (χ2v) is 9.00. The van der Waals surface area contributed by atoms with Gasteiger partial charge >= 0.3 is 0 Å².